The summed E-state index contributed by atoms with van der Waals surface area (Å²) < 4.78 is 40.8. The molecule has 2 aromatic heterocycles. The maximum atomic E-state index is 14.6. The summed E-state index contributed by atoms with van der Waals surface area (Å²) in [4.78, 5) is 16.8. The normalized spacial score (nSPS) is 19.6. The average Bonchev–Trinajstić information content (AvgIpc) is 3.49. The summed E-state index contributed by atoms with van der Waals surface area (Å²) in [6.45, 7) is 5.45. The van der Waals surface area contributed by atoms with Crippen molar-refractivity contribution in [3.05, 3.63) is 53.0 Å². The molecule has 0 spiro atoms. The molecule has 8 heteroatoms. The third kappa shape index (κ3) is 2.99. The smallest absolute Gasteiger partial charge is 0.319 e. The minimum atomic E-state index is -1.00. The first-order chi connectivity index (χ1) is 14.8. The van der Waals surface area contributed by atoms with Crippen LogP contribution in [0.1, 0.15) is 68.9 Å². The lowest BCUT2D eigenvalue weighted by Gasteiger charge is -2.18. The number of aromatic nitrogens is 3. The van der Waals surface area contributed by atoms with Gasteiger partial charge in [0, 0.05) is 17.5 Å². The predicted molar refractivity (Wildman–Crippen MR) is 108 cm³/mol. The zero-order valence-electron chi connectivity index (χ0n) is 17.6. The lowest BCUT2D eigenvalue weighted by Crippen LogP contribution is -2.30. The molecule has 2 bridgehead atoms. The van der Waals surface area contributed by atoms with Crippen molar-refractivity contribution >= 4 is 5.97 Å². The molecule has 5 rings (SSSR count). The zero-order chi connectivity index (χ0) is 21.9. The quantitative estimate of drug-likeness (QED) is 0.535. The number of nitrogens with zero attached hydrogens (tertiary/aromatic N) is 3. The van der Waals surface area contributed by atoms with Crippen molar-refractivity contribution < 1.29 is 22.7 Å². The number of halogens is 2. The van der Waals surface area contributed by atoms with E-state index in [-0.39, 0.29) is 24.1 Å². The first-order valence-electron chi connectivity index (χ1n) is 10.5. The number of oxazole rings is 1. The Morgan fingerprint density at radius 1 is 1.29 bits per heavy atom. The molecule has 31 heavy (non-hydrogen) atoms. The van der Waals surface area contributed by atoms with Crippen molar-refractivity contribution in [1.29, 1.82) is 0 Å². The van der Waals surface area contributed by atoms with Crippen molar-refractivity contribution in [3.63, 3.8) is 0 Å². The molecule has 2 atom stereocenters. The molecule has 2 heterocycles. The fourth-order valence-electron chi connectivity index (χ4n) is 4.81. The van der Waals surface area contributed by atoms with E-state index in [1.165, 1.54) is 18.3 Å². The van der Waals surface area contributed by atoms with Crippen LogP contribution in [0, 0.1) is 11.6 Å². The molecule has 0 amide bonds. The summed E-state index contributed by atoms with van der Waals surface area (Å²) in [5.41, 5.74) is 1.71. The summed E-state index contributed by atoms with van der Waals surface area (Å²) in [6, 6.07) is 3.49. The summed E-state index contributed by atoms with van der Waals surface area (Å²) in [6.07, 6.45) is 4.54. The molecule has 2 aliphatic rings. The van der Waals surface area contributed by atoms with E-state index >= 15 is 0 Å². The van der Waals surface area contributed by atoms with Gasteiger partial charge in [-0.3, -0.25) is 4.79 Å². The Bertz CT molecular complexity index is 1180. The number of fused-ring (bicyclic) bond motifs is 5. The first kappa shape index (κ1) is 19.9. The molecular formula is C23H23F2N3O3. The monoisotopic (exact) mass is 427 g/mol. The van der Waals surface area contributed by atoms with Crippen LogP contribution in [0.4, 0.5) is 8.78 Å². The predicted octanol–water partition coefficient (Wildman–Crippen LogP) is 5.01. The minimum absolute atomic E-state index is 0.204. The van der Waals surface area contributed by atoms with Crippen LogP contribution in [0.5, 0.6) is 0 Å². The molecule has 1 fully saturated rings. The SMILES string of the molecule is CCOC(=O)C(C)(C)c1cnc(-c2nn(-c3ccc(F)cc3F)c3c2[C@@H]2CC[C@H]3C2)o1. The second-order valence-corrected chi connectivity index (χ2v) is 8.74. The highest BCUT2D eigenvalue weighted by molar-refractivity contribution is 5.81. The van der Waals surface area contributed by atoms with Gasteiger partial charge in [0.05, 0.1) is 18.5 Å². The van der Waals surface area contributed by atoms with Gasteiger partial charge in [-0.05, 0) is 58.1 Å². The topological polar surface area (TPSA) is 70.2 Å². The molecule has 0 N–H and O–H groups in total. The van der Waals surface area contributed by atoms with Gasteiger partial charge in [-0.2, -0.15) is 5.10 Å². The van der Waals surface area contributed by atoms with Gasteiger partial charge in [0.1, 0.15) is 22.7 Å². The Morgan fingerprint density at radius 3 is 2.81 bits per heavy atom. The maximum absolute atomic E-state index is 14.6. The van der Waals surface area contributed by atoms with Gasteiger partial charge >= 0.3 is 5.97 Å². The van der Waals surface area contributed by atoms with Gasteiger partial charge in [0.25, 0.3) is 0 Å². The van der Waals surface area contributed by atoms with Crippen LogP contribution in [0.15, 0.2) is 28.8 Å². The van der Waals surface area contributed by atoms with Gasteiger partial charge in [-0.15, -0.1) is 0 Å². The van der Waals surface area contributed by atoms with Crippen LogP contribution < -0.4 is 0 Å². The molecular weight excluding hydrogens is 404 g/mol. The summed E-state index contributed by atoms with van der Waals surface area (Å²) in [7, 11) is 0. The van der Waals surface area contributed by atoms with Crippen molar-refractivity contribution in [1.82, 2.24) is 14.8 Å². The van der Waals surface area contributed by atoms with Crippen LogP contribution in [-0.4, -0.2) is 27.3 Å². The van der Waals surface area contributed by atoms with Gasteiger partial charge in [0.15, 0.2) is 11.5 Å². The maximum Gasteiger partial charge on any atom is 0.319 e. The van der Waals surface area contributed by atoms with Crippen LogP contribution in [0.2, 0.25) is 0 Å². The molecule has 6 nitrogen and oxygen atoms in total. The van der Waals surface area contributed by atoms with Gasteiger partial charge in [-0.25, -0.2) is 18.4 Å². The second-order valence-electron chi connectivity index (χ2n) is 8.74. The fourth-order valence-corrected chi connectivity index (χ4v) is 4.81. The van der Waals surface area contributed by atoms with Crippen molar-refractivity contribution in [3.8, 4) is 17.3 Å². The number of benzene rings is 1. The molecule has 1 saturated carbocycles. The number of hydrogen-bond donors (Lipinski definition) is 0. The van der Waals surface area contributed by atoms with Crippen LogP contribution in [0.25, 0.3) is 17.3 Å². The van der Waals surface area contributed by atoms with E-state index in [1.54, 1.807) is 25.5 Å². The summed E-state index contributed by atoms with van der Waals surface area (Å²) >= 11 is 0. The van der Waals surface area contributed by atoms with Crippen molar-refractivity contribution in [2.75, 3.05) is 6.61 Å². The van der Waals surface area contributed by atoms with Crippen LogP contribution in [-0.2, 0) is 14.9 Å². The lowest BCUT2D eigenvalue weighted by molar-refractivity contribution is -0.149. The standard InChI is InChI=1S/C23H23F2N3O3/c1-4-30-22(29)23(2,3)17-11-26-21(31-17)19-18-12-5-6-13(9-12)20(18)28(27-19)16-8-7-14(24)10-15(16)25/h7-8,10-13H,4-6,9H2,1-3H3/t12-,13+/m1/s1. The molecule has 0 saturated heterocycles. The number of rotatable bonds is 5. The van der Waals surface area contributed by atoms with E-state index in [1.807, 2.05) is 0 Å². The van der Waals surface area contributed by atoms with Gasteiger partial charge in [0.2, 0.25) is 5.89 Å². The van der Waals surface area contributed by atoms with E-state index in [0.717, 1.165) is 36.6 Å². The van der Waals surface area contributed by atoms with E-state index in [9.17, 15) is 13.6 Å². The Labute approximate surface area is 178 Å². The summed E-state index contributed by atoms with van der Waals surface area (Å²) in [5, 5.41) is 4.66. The molecule has 0 radical (unpaired) electrons. The molecule has 1 aromatic carbocycles. The highest BCUT2D eigenvalue weighted by Gasteiger charge is 2.44. The number of ether oxygens (including phenoxy) is 1. The second kappa shape index (κ2) is 7.00. The molecule has 0 unspecified atom stereocenters. The third-order valence-corrected chi connectivity index (χ3v) is 6.43. The highest BCUT2D eigenvalue weighted by atomic mass is 19.1. The molecule has 0 aliphatic heterocycles. The Kier molecular flexibility index (Phi) is 4.50. The fraction of sp³-hybridized carbons (Fsp3) is 0.435. The lowest BCUT2D eigenvalue weighted by atomic mass is 9.91. The molecule has 2 aliphatic carbocycles. The van der Waals surface area contributed by atoms with E-state index in [4.69, 9.17) is 9.15 Å². The average molecular weight is 427 g/mol. The third-order valence-electron chi connectivity index (χ3n) is 6.43. The Hall–Kier alpha value is -3.03. The number of hydrogen-bond acceptors (Lipinski definition) is 5. The number of carbonyl (C=O) groups excluding carboxylic acids is 1. The largest absolute Gasteiger partial charge is 0.465 e. The van der Waals surface area contributed by atoms with Crippen molar-refractivity contribution in [2.24, 2.45) is 0 Å². The number of carbonyl (C=O) groups is 1. The van der Waals surface area contributed by atoms with Gasteiger partial charge in [-0.1, -0.05) is 0 Å². The highest BCUT2D eigenvalue weighted by Crippen LogP contribution is 2.56. The summed E-state index contributed by atoms with van der Waals surface area (Å²) in [5.74, 6) is -0.461. The van der Waals surface area contributed by atoms with Gasteiger partial charge < -0.3 is 9.15 Å². The Morgan fingerprint density at radius 2 is 2.06 bits per heavy atom. The minimum Gasteiger partial charge on any atom is -0.465 e. The molecule has 3 aromatic rings. The van der Waals surface area contributed by atoms with Crippen molar-refractivity contribution in [2.45, 2.75) is 57.3 Å². The first-order valence-corrected chi connectivity index (χ1v) is 10.5. The zero-order valence-corrected chi connectivity index (χ0v) is 17.6. The number of esters is 1. The van der Waals surface area contributed by atoms with E-state index in [0.29, 0.717) is 17.4 Å². The van der Waals surface area contributed by atoms with E-state index in [2.05, 4.69) is 10.1 Å². The molecule has 162 valence electrons. The Balaban J connectivity index is 1.62. The van der Waals surface area contributed by atoms with Crippen LogP contribution >= 0.6 is 0 Å². The van der Waals surface area contributed by atoms with Crippen LogP contribution in [0.3, 0.4) is 0 Å². The van der Waals surface area contributed by atoms with E-state index < -0.39 is 23.0 Å².